The van der Waals surface area contributed by atoms with Crippen molar-refractivity contribution < 1.29 is 9.90 Å². The molecule has 0 spiro atoms. The Labute approximate surface area is 110 Å². The van der Waals surface area contributed by atoms with Gasteiger partial charge in [0.15, 0.2) is 0 Å². The highest BCUT2D eigenvalue weighted by molar-refractivity contribution is 6.35. The van der Waals surface area contributed by atoms with Crippen LogP contribution in [0, 0.1) is 5.92 Å². The van der Waals surface area contributed by atoms with E-state index in [0.29, 0.717) is 22.9 Å². The van der Waals surface area contributed by atoms with Crippen LogP contribution in [0.3, 0.4) is 0 Å². The zero-order valence-corrected chi connectivity index (χ0v) is 10.6. The standard InChI is InChI=1S/C13H12Cl2O2/c14-8-5-6-10(12(15)7-8)9-3-1-2-4-11(9)13(16)17/h1-2,5-7,9,11H,3-4H2,(H,16,17)/t9-,11-/m1/s1. The smallest absolute Gasteiger partial charge is 0.307 e. The highest BCUT2D eigenvalue weighted by Gasteiger charge is 2.30. The van der Waals surface area contributed by atoms with Gasteiger partial charge < -0.3 is 5.11 Å². The van der Waals surface area contributed by atoms with Gasteiger partial charge in [0.05, 0.1) is 5.92 Å². The molecule has 1 aliphatic carbocycles. The van der Waals surface area contributed by atoms with Gasteiger partial charge in [0.2, 0.25) is 0 Å². The monoisotopic (exact) mass is 270 g/mol. The second kappa shape index (κ2) is 5.11. The average molecular weight is 271 g/mol. The first-order valence-corrected chi connectivity index (χ1v) is 6.18. The molecule has 0 saturated heterocycles. The van der Waals surface area contributed by atoms with Crippen molar-refractivity contribution >= 4 is 29.2 Å². The first-order valence-electron chi connectivity index (χ1n) is 5.42. The summed E-state index contributed by atoms with van der Waals surface area (Å²) in [4.78, 5) is 11.2. The van der Waals surface area contributed by atoms with Gasteiger partial charge in [-0.3, -0.25) is 4.79 Å². The highest BCUT2D eigenvalue weighted by atomic mass is 35.5. The van der Waals surface area contributed by atoms with Crippen molar-refractivity contribution in [3.05, 3.63) is 46.0 Å². The summed E-state index contributed by atoms with van der Waals surface area (Å²) in [5, 5.41) is 10.3. The predicted molar refractivity (Wildman–Crippen MR) is 68.7 cm³/mol. The number of rotatable bonds is 2. The number of hydrogen-bond acceptors (Lipinski definition) is 1. The lowest BCUT2D eigenvalue weighted by atomic mass is 9.78. The zero-order chi connectivity index (χ0) is 12.4. The van der Waals surface area contributed by atoms with Crippen molar-refractivity contribution in [2.24, 2.45) is 5.92 Å². The molecule has 90 valence electrons. The van der Waals surface area contributed by atoms with Crippen LogP contribution in [-0.4, -0.2) is 11.1 Å². The molecule has 0 aliphatic heterocycles. The molecule has 0 saturated carbocycles. The quantitative estimate of drug-likeness (QED) is 0.821. The van der Waals surface area contributed by atoms with E-state index in [2.05, 4.69) is 0 Å². The van der Waals surface area contributed by atoms with Gasteiger partial charge in [-0.05, 0) is 30.5 Å². The van der Waals surface area contributed by atoms with E-state index in [1.807, 2.05) is 18.2 Å². The molecule has 2 nitrogen and oxygen atoms in total. The van der Waals surface area contributed by atoms with E-state index in [9.17, 15) is 9.90 Å². The van der Waals surface area contributed by atoms with Crippen LogP contribution in [0.2, 0.25) is 10.0 Å². The van der Waals surface area contributed by atoms with E-state index >= 15 is 0 Å². The van der Waals surface area contributed by atoms with Gasteiger partial charge in [-0.2, -0.15) is 0 Å². The minimum atomic E-state index is -0.773. The van der Waals surface area contributed by atoms with Crippen molar-refractivity contribution in [3.63, 3.8) is 0 Å². The van der Waals surface area contributed by atoms with Gasteiger partial charge in [0.25, 0.3) is 0 Å². The molecule has 1 aromatic carbocycles. The van der Waals surface area contributed by atoms with Gasteiger partial charge in [-0.1, -0.05) is 41.4 Å². The maximum atomic E-state index is 11.2. The fourth-order valence-electron chi connectivity index (χ4n) is 2.23. The number of aliphatic carboxylic acids is 1. The van der Waals surface area contributed by atoms with E-state index in [-0.39, 0.29) is 5.92 Å². The molecule has 1 N–H and O–H groups in total. The lowest BCUT2D eigenvalue weighted by Gasteiger charge is -2.26. The van der Waals surface area contributed by atoms with Gasteiger partial charge in [0, 0.05) is 16.0 Å². The van der Waals surface area contributed by atoms with Crippen LogP contribution in [0.15, 0.2) is 30.4 Å². The minimum Gasteiger partial charge on any atom is -0.481 e. The Morgan fingerprint density at radius 3 is 2.59 bits per heavy atom. The van der Waals surface area contributed by atoms with Gasteiger partial charge in [-0.25, -0.2) is 0 Å². The van der Waals surface area contributed by atoms with Crippen molar-refractivity contribution in [1.29, 1.82) is 0 Å². The molecule has 2 atom stereocenters. The van der Waals surface area contributed by atoms with Crippen LogP contribution >= 0.6 is 23.2 Å². The Bertz CT molecular complexity index is 468. The molecular weight excluding hydrogens is 259 g/mol. The Morgan fingerprint density at radius 1 is 1.24 bits per heavy atom. The molecule has 0 fully saturated rings. The molecule has 0 unspecified atom stereocenters. The lowest BCUT2D eigenvalue weighted by Crippen LogP contribution is -2.23. The zero-order valence-electron chi connectivity index (χ0n) is 9.07. The molecule has 17 heavy (non-hydrogen) atoms. The van der Waals surface area contributed by atoms with E-state index < -0.39 is 11.9 Å². The third kappa shape index (κ3) is 2.64. The Hall–Kier alpha value is -0.990. The minimum absolute atomic E-state index is 0.0673. The fourth-order valence-corrected chi connectivity index (χ4v) is 2.78. The normalized spacial score (nSPS) is 23.6. The Morgan fingerprint density at radius 2 is 1.94 bits per heavy atom. The van der Waals surface area contributed by atoms with Gasteiger partial charge in [-0.15, -0.1) is 0 Å². The molecule has 4 heteroatoms. The van der Waals surface area contributed by atoms with Crippen molar-refractivity contribution in [2.75, 3.05) is 0 Å². The van der Waals surface area contributed by atoms with Crippen LogP contribution in [-0.2, 0) is 4.79 Å². The SMILES string of the molecule is O=C(O)[C@@H]1CC=CC[C@@H]1c1ccc(Cl)cc1Cl. The summed E-state index contributed by atoms with van der Waals surface area (Å²) in [6, 6.07) is 5.24. The van der Waals surface area contributed by atoms with Gasteiger partial charge in [0.1, 0.15) is 0 Å². The third-order valence-corrected chi connectivity index (χ3v) is 3.67. The summed E-state index contributed by atoms with van der Waals surface area (Å²) >= 11 is 12.0. The summed E-state index contributed by atoms with van der Waals surface area (Å²) in [6.45, 7) is 0. The van der Waals surface area contributed by atoms with Crippen molar-refractivity contribution in [1.82, 2.24) is 0 Å². The number of carboxylic acids is 1. The predicted octanol–water partition coefficient (Wildman–Crippen LogP) is 4.13. The molecule has 0 bridgehead atoms. The van der Waals surface area contributed by atoms with Crippen LogP contribution in [0.1, 0.15) is 24.3 Å². The molecule has 0 radical (unpaired) electrons. The maximum Gasteiger partial charge on any atom is 0.307 e. The van der Waals surface area contributed by atoms with E-state index in [4.69, 9.17) is 23.2 Å². The van der Waals surface area contributed by atoms with Crippen molar-refractivity contribution in [3.8, 4) is 0 Å². The average Bonchev–Trinajstić information content (AvgIpc) is 2.29. The second-order valence-corrected chi connectivity index (χ2v) is 5.00. The number of carboxylic acid groups (broad SMARTS) is 1. The second-order valence-electron chi connectivity index (χ2n) is 4.16. The Balaban J connectivity index is 2.37. The molecule has 0 heterocycles. The van der Waals surface area contributed by atoms with E-state index in [1.165, 1.54) is 0 Å². The molecule has 0 aromatic heterocycles. The van der Waals surface area contributed by atoms with Crippen LogP contribution < -0.4 is 0 Å². The highest BCUT2D eigenvalue weighted by Crippen LogP contribution is 2.38. The first-order chi connectivity index (χ1) is 8.09. The lowest BCUT2D eigenvalue weighted by molar-refractivity contribution is -0.142. The number of allylic oxidation sites excluding steroid dienone is 2. The van der Waals surface area contributed by atoms with E-state index in [0.717, 1.165) is 5.56 Å². The first kappa shape index (κ1) is 12.5. The summed E-state index contributed by atoms with van der Waals surface area (Å²) in [5.74, 6) is -1.24. The summed E-state index contributed by atoms with van der Waals surface area (Å²) in [6.07, 6.45) is 5.19. The molecule has 1 aliphatic rings. The molecule has 1 aromatic rings. The topological polar surface area (TPSA) is 37.3 Å². The number of hydrogen-bond donors (Lipinski definition) is 1. The largest absolute Gasteiger partial charge is 0.481 e. The number of benzene rings is 1. The van der Waals surface area contributed by atoms with Crippen LogP contribution in [0.5, 0.6) is 0 Å². The fraction of sp³-hybridized carbons (Fsp3) is 0.308. The number of halogens is 2. The summed E-state index contributed by atoms with van der Waals surface area (Å²) < 4.78 is 0. The third-order valence-electron chi connectivity index (χ3n) is 3.11. The van der Waals surface area contributed by atoms with Crippen LogP contribution in [0.25, 0.3) is 0 Å². The maximum absolute atomic E-state index is 11.2. The summed E-state index contributed by atoms with van der Waals surface area (Å²) in [7, 11) is 0. The van der Waals surface area contributed by atoms with Crippen LogP contribution in [0.4, 0.5) is 0 Å². The van der Waals surface area contributed by atoms with E-state index in [1.54, 1.807) is 12.1 Å². The molecule has 0 amide bonds. The molecule has 2 rings (SSSR count). The number of carbonyl (C=O) groups is 1. The summed E-state index contributed by atoms with van der Waals surface area (Å²) in [5.41, 5.74) is 0.868. The van der Waals surface area contributed by atoms with Crippen molar-refractivity contribution in [2.45, 2.75) is 18.8 Å². The molecular formula is C13H12Cl2O2. The Kier molecular flexibility index (Phi) is 3.75. The van der Waals surface area contributed by atoms with Gasteiger partial charge >= 0.3 is 5.97 Å².